The minimum atomic E-state index is -3.46. The normalized spacial score (nSPS) is 15.8. The van der Waals surface area contributed by atoms with Crippen molar-refractivity contribution in [2.75, 3.05) is 44.2 Å². The first kappa shape index (κ1) is 20.8. The monoisotopic (exact) mass is 405 g/mol. The van der Waals surface area contributed by atoms with Gasteiger partial charge in [0.05, 0.1) is 4.90 Å². The molecule has 0 aliphatic carbocycles. The number of hydrogen-bond acceptors (Lipinski definition) is 4. The summed E-state index contributed by atoms with van der Waals surface area (Å²) in [6, 6.07) is 11.8. The van der Waals surface area contributed by atoms with E-state index in [1.54, 1.807) is 12.1 Å². The van der Waals surface area contributed by atoms with Crippen LogP contribution in [0.5, 0.6) is 0 Å². The molecule has 1 N–H and O–H groups in total. The lowest BCUT2D eigenvalue weighted by molar-refractivity contribution is 0.255. The van der Waals surface area contributed by atoms with Crippen molar-refractivity contribution in [1.82, 2.24) is 9.62 Å². The molecule has 2 aromatic rings. The van der Waals surface area contributed by atoms with Crippen LogP contribution in [0.25, 0.3) is 0 Å². The molecule has 0 spiro atoms. The summed E-state index contributed by atoms with van der Waals surface area (Å²) >= 11 is 0. The first-order valence-electron chi connectivity index (χ1n) is 9.65. The van der Waals surface area contributed by atoms with Crippen molar-refractivity contribution in [2.45, 2.75) is 25.2 Å². The van der Waals surface area contributed by atoms with E-state index in [4.69, 9.17) is 0 Å². The van der Waals surface area contributed by atoms with Crippen LogP contribution in [0.1, 0.15) is 17.5 Å². The summed E-state index contributed by atoms with van der Waals surface area (Å²) in [4.78, 5) is 4.91. The van der Waals surface area contributed by atoms with Gasteiger partial charge in [-0.25, -0.2) is 17.5 Å². The second-order valence-electron chi connectivity index (χ2n) is 7.30. The van der Waals surface area contributed by atoms with E-state index >= 15 is 0 Å². The molecule has 0 radical (unpaired) electrons. The van der Waals surface area contributed by atoms with Crippen LogP contribution in [0.4, 0.5) is 10.1 Å². The molecule has 1 aliphatic heterocycles. The van der Waals surface area contributed by atoms with Crippen LogP contribution in [0.2, 0.25) is 0 Å². The van der Waals surface area contributed by atoms with Crippen molar-refractivity contribution >= 4 is 15.7 Å². The van der Waals surface area contributed by atoms with E-state index in [9.17, 15) is 12.8 Å². The van der Waals surface area contributed by atoms with Crippen LogP contribution in [0.15, 0.2) is 47.4 Å². The Kier molecular flexibility index (Phi) is 6.69. The highest BCUT2D eigenvalue weighted by Gasteiger charge is 2.18. The zero-order valence-electron chi connectivity index (χ0n) is 16.5. The molecule has 28 heavy (non-hydrogen) atoms. The fourth-order valence-corrected chi connectivity index (χ4v) is 4.51. The highest BCUT2D eigenvalue weighted by Crippen LogP contribution is 2.17. The number of sulfonamides is 1. The van der Waals surface area contributed by atoms with Gasteiger partial charge in [-0.1, -0.05) is 6.07 Å². The predicted octanol–water partition coefficient (Wildman–Crippen LogP) is 2.93. The highest BCUT2D eigenvalue weighted by atomic mass is 32.2. The molecular weight excluding hydrogens is 377 g/mol. The smallest absolute Gasteiger partial charge is 0.240 e. The largest absolute Gasteiger partial charge is 0.369 e. The minimum absolute atomic E-state index is 0.217. The van der Waals surface area contributed by atoms with E-state index in [1.165, 1.54) is 12.1 Å². The lowest BCUT2D eigenvalue weighted by atomic mass is 10.1. The Morgan fingerprint density at radius 1 is 0.964 bits per heavy atom. The van der Waals surface area contributed by atoms with E-state index in [1.807, 2.05) is 32.0 Å². The minimum Gasteiger partial charge on any atom is -0.369 e. The van der Waals surface area contributed by atoms with E-state index in [-0.39, 0.29) is 5.82 Å². The van der Waals surface area contributed by atoms with Crippen molar-refractivity contribution < 1.29 is 12.8 Å². The SMILES string of the molecule is Cc1ccc(S(=O)(=O)NCCCN2CCN(c3ccc(F)cc3)CC2)cc1C. The molecule has 0 unspecified atom stereocenters. The molecule has 3 rings (SSSR count). The van der Waals surface area contributed by atoms with Gasteiger partial charge in [0.2, 0.25) is 10.0 Å². The number of benzene rings is 2. The molecule has 2 aromatic carbocycles. The number of halogens is 1. The maximum atomic E-state index is 13.0. The number of rotatable bonds is 7. The number of anilines is 1. The van der Waals surface area contributed by atoms with Crippen molar-refractivity contribution in [1.29, 1.82) is 0 Å². The van der Waals surface area contributed by atoms with E-state index in [0.717, 1.165) is 56.0 Å². The number of aryl methyl sites for hydroxylation is 2. The van der Waals surface area contributed by atoms with Crippen molar-refractivity contribution in [3.05, 3.63) is 59.4 Å². The van der Waals surface area contributed by atoms with E-state index in [2.05, 4.69) is 14.5 Å². The summed E-state index contributed by atoms with van der Waals surface area (Å²) in [5, 5.41) is 0. The molecule has 0 saturated carbocycles. The third-order valence-corrected chi connectivity index (χ3v) is 6.75. The zero-order valence-corrected chi connectivity index (χ0v) is 17.3. The topological polar surface area (TPSA) is 52.7 Å². The second kappa shape index (κ2) is 9.03. The molecule has 7 heteroatoms. The summed E-state index contributed by atoms with van der Waals surface area (Å²) in [6.07, 6.45) is 0.765. The molecule has 1 saturated heterocycles. The number of piperazine rings is 1. The number of nitrogens with one attached hydrogen (secondary N) is 1. The standard InChI is InChI=1S/C21H28FN3O2S/c1-17-4-9-21(16-18(17)2)28(26,27)23-10-3-11-24-12-14-25(15-13-24)20-7-5-19(22)6-8-20/h4-9,16,23H,3,10-15H2,1-2H3. The fraction of sp³-hybridized carbons (Fsp3) is 0.429. The van der Waals surface area contributed by atoms with Crippen LogP contribution in [0, 0.1) is 19.7 Å². The summed E-state index contributed by atoms with van der Waals surface area (Å²) in [7, 11) is -3.46. The molecule has 1 fully saturated rings. The van der Waals surface area contributed by atoms with Crippen molar-refractivity contribution in [3.8, 4) is 0 Å². The Labute approximate surface area is 167 Å². The van der Waals surface area contributed by atoms with Crippen LogP contribution in [-0.2, 0) is 10.0 Å². The predicted molar refractivity (Wildman–Crippen MR) is 111 cm³/mol. The van der Waals surface area contributed by atoms with Gasteiger partial charge in [0, 0.05) is 38.4 Å². The van der Waals surface area contributed by atoms with Crippen molar-refractivity contribution in [2.24, 2.45) is 0 Å². The van der Waals surface area contributed by atoms with Gasteiger partial charge < -0.3 is 4.90 Å². The van der Waals surface area contributed by atoms with Gasteiger partial charge in [-0.3, -0.25) is 4.90 Å². The maximum absolute atomic E-state index is 13.0. The van der Waals surface area contributed by atoms with Crippen molar-refractivity contribution in [3.63, 3.8) is 0 Å². The molecule has 1 aliphatic rings. The van der Waals surface area contributed by atoms with Gasteiger partial charge in [-0.15, -0.1) is 0 Å². The average Bonchev–Trinajstić information content (AvgIpc) is 2.68. The number of hydrogen-bond donors (Lipinski definition) is 1. The molecule has 0 amide bonds. The van der Waals surface area contributed by atoms with Gasteiger partial charge in [0.15, 0.2) is 0 Å². The van der Waals surface area contributed by atoms with Gasteiger partial charge >= 0.3 is 0 Å². The van der Waals surface area contributed by atoms with Gasteiger partial charge in [-0.2, -0.15) is 0 Å². The average molecular weight is 406 g/mol. The van der Waals surface area contributed by atoms with Crippen LogP contribution in [-0.4, -0.2) is 52.6 Å². The first-order valence-corrected chi connectivity index (χ1v) is 11.1. The summed E-state index contributed by atoms with van der Waals surface area (Å²) < 4.78 is 40.6. The van der Waals surface area contributed by atoms with Gasteiger partial charge in [0.1, 0.15) is 5.82 Å². The highest BCUT2D eigenvalue weighted by molar-refractivity contribution is 7.89. The summed E-state index contributed by atoms with van der Waals surface area (Å²) in [6.45, 7) is 8.78. The Balaban J connectivity index is 1.41. The first-order chi connectivity index (χ1) is 13.3. The molecule has 0 aromatic heterocycles. The quantitative estimate of drug-likeness (QED) is 0.720. The molecule has 0 atom stereocenters. The molecule has 1 heterocycles. The Morgan fingerprint density at radius 2 is 1.64 bits per heavy atom. The van der Waals surface area contributed by atoms with Crippen LogP contribution < -0.4 is 9.62 Å². The maximum Gasteiger partial charge on any atom is 0.240 e. The zero-order chi connectivity index (χ0) is 20.1. The van der Waals surface area contributed by atoms with Crippen LogP contribution in [0.3, 0.4) is 0 Å². The van der Waals surface area contributed by atoms with Gasteiger partial charge in [0.25, 0.3) is 0 Å². The van der Waals surface area contributed by atoms with E-state index < -0.39 is 10.0 Å². The fourth-order valence-electron chi connectivity index (χ4n) is 3.36. The summed E-state index contributed by atoms with van der Waals surface area (Å²) in [5.74, 6) is -0.217. The van der Waals surface area contributed by atoms with E-state index in [0.29, 0.717) is 11.4 Å². The third-order valence-electron chi connectivity index (χ3n) is 5.30. The second-order valence-corrected chi connectivity index (χ2v) is 9.07. The lowest BCUT2D eigenvalue weighted by Gasteiger charge is -2.36. The molecule has 5 nitrogen and oxygen atoms in total. The Hall–Kier alpha value is -1.96. The molecular formula is C21H28FN3O2S. The Morgan fingerprint density at radius 3 is 2.29 bits per heavy atom. The lowest BCUT2D eigenvalue weighted by Crippen LogP contribution is -2.47. The summed E-state index contributed by atoms with van der Waals surface area (Å²) in [5.41, 5.74) is 3.10. The number of nitrogens with zero attached hydrogens (tertiary/aromatic N) is 2. The Bertz CT molecular complexity index is 892. The van der Waals surface area contributed by atoms with Crippen LogP contribution >= 0.6 is 0 Å². The third kappa shape index (κ3) is 5.31. The van der Waals surface area contributed by atoms with Gasteiger partial charge in [-0.05, 0) is 74.3 Å². The molecule has 0 bridgehead atoms. The molecule has 152 valence electrons.